The molecule has 0 saturated heterocycles. The van der Waals surface area contributed by atoms with Crippen LogP contribution in [-0.4, -0.2) is 31.7 Å². The highest BCUT2D eigenvalue weighted by atomic mass is 19.1. The summed E-state index contributed by atoms with van der Waals surface area (Å²) in [5, 5.41) is 6.94. The molecule has 0 aliphatic rings. The number of carbonyl (C=O) groups excluding carboxylic acids is 2. The number of aryl methyl sites for hydroxylation is 1. The highest BCUT2D eigenvalue weighted by Crippen LogP contribution is 2.28. The largest absolute Gasteiger partial charge is 0.493 e. The summed E-state index contributed by atoms with van der Waals surface area (Å²) >= 11 is 0. The molecule has 0 aromatic heterocycles. The van der Waals surface area contributed by atoms with E-state index in [0.29, 0.717) is 5.56 Å². The number of rotatable bonds is 8. The smallest absolute Gasteiger partial charge is 0.343 e. The maximum absolute atomic E-state index is 13.3. The van der Waals surface area contributed by atoms with E-state index in [1.54, 1.807) is 12.1 Å². The second kappa shape index (κ2) is 10.7. The van der Waals surface area contributed by atoms with Gasteiger partial charge in [-0.1, -0.05) is 18.2 Å². The topological polar surface area (TPSA) is 89.0 Å². The van der Waals surface area contributed by atoms with E-state index in [4.69, 9.17) is 9.47 Å². The third-order valence-electron chi connectivity index (χ3n) is 4.32. The molecular weight excluding hydrogens is 413 g/mol. The lowest BCUT2D eigenvalue weighted by molar-refractivity contribution is -0.119. The number of hydrogen-bond donors (Lipinski definition) is 2. The summed E-state index contributed by atoms with van der Waals surface area (Å²) in [6.45, 7) is 2.04. The Morgan fingerprint density at radius 1 is 1.03 bits per heavy atom. The SMILES string of the molecule is COc1cc(C=NNC(=O)CNc2cccc(C)c2)ccc1OC(=O)c1cccc(F)c1. The van der Waals surface area contributed by atoms with Gasteiger partial charge in [0.1, 0.15) is 5.82 Å². The Hall–Kier alpha value is -4.20. The van der Waals surface area contributed by atoms with Crippen LogP contribution in [0.2, 0.25) is 0 Å². The van der Waals surface area contributed by atoms with Crippen molar-refractivity contribution in [2.75, 3.05) is 19.0 Å². The van der Waals surface area contributed by atoms with Crippen LogP contribution in [0.1, 0.15) is 21.5 Å². The molecule has 0 aliphatic heterocycles. The Morgan fingerprint density at radius 2 is 1.84 bits per heavy atom. The molecule has 8 heteroatoms. The van der Waals surface area contributed by atoms with Gasteiger partial charge in [0.05, 0.1) is 25.4 Å². The van der Waals surface area contributed by atoms with Gasteiger partial charge in [-0.3, -0.25) is 4.79 Å². The summed E-state index contributed by atoms with van der Waals surface area (Å²) in [7, 11) is 1.43. The van der Waals surface area contributed by atoms with Crippen molar-refractivity contribution in [1.29, 1.82) is 0 Å². The van der Waals surface area contributed by atoms with Crippen LogP contribution in [0, 0.1) is 12.7 Å². The van der Waals surface area contributed by atoms with Gasteiger partial charge in [0.15, 0.2) is 11.5 Å². The molecule has 0 bridgehead atoms. The predicted octanol–water partition coefficient (Wildman–Crippen LogP) is 3.92. The minimum Gasteiger partial charge on any atom is -0.493 e. The van der Waals surface area contributed by atoms with Gasteiger partial charge in [0.2, 0.25) is 0 Å². The van der Waals surface area contributed by atoms with Crippen molar-refractivity contribution < 1.29 is 23.5 Å². The zero-order valence-electron chi connectivity index (χ0n) is 17.6. The maximum atomic E-state index is 13.3. The molecule has 0 fully saturated rings. The number of ether oxygens (including phenoxy) is 2. The van der Waals surface area contributed by atoms with Gasteiger partial charge in [-0.25, -0.2) is 14.6 Å². The van der Waals surface area contributed by atoms with E-state index in [9.17, 15) is 14.0 Å². The monoisotopic (exact) mass is 435 g/mol. The van der Waals surface area contributed by atoms with E-state index in [1.165, 1.54) is 37.6 Å². The highest BCUT2D eigenvalue weighted by Gasteiger charge is 2.13. The molecule has 3 aromatic carbocycles. The van der Waals surface area contributed by atoms with Crippen LogP contribution in [0.5, 0.6) is 11.5 Å². The summed E-state index contributed by atoms with van der Waals surface area (Å²) in [6.07, 6.45) is 1.44. The molecule has 0 spiro atoms. The molecule has 32 heavy (non-hydrogen) atoms. The van der Waals surface area contributed by atoms with Crippen LogP contribution < -0.4 is 20.2 Å². The van der Waals surface area contributed by atoms with E-state index in [0.717, 1.165) is 17.3 Å². The Morgan fingerprint density at radius 3 is 2.59 bits per heavy atom. The first-order valence-corrected chi connectivity index (χ1v) is 9.73. The molecule has 164 valence electrons. The number of hydrazone groups is 1. The molecule has 0 unspecified atom stereocenters. The fourth-order valence-electron chi connectivity index (χ4n) is 2.78. The van der Waals surface area contributed by atoms with E-state index < -0.39 is 11.8 Å². The Kier molecular flexibility index (Phi) is 7.53. The quantitative estimate of drug-likeness (QED) is 0.242. The van der Waals surface area contributed by atoms with Crippen molar-refractivity contribution >= 4 is 23.8 Å². The summed E-state index contributed by atoms with van der Waals surface area (Å²) in [6, 6.07) is 17.6. The molecular formula is C24H22FN3O4. The third kappa shape index (κ3) is 6.40. The molecule has 7 nitrogen and oxygen atoms in total. The standard InChI is InChI=1S/C24H22FN3O4/c1-16-5-3-8-20(11-16)26-15-23(29)28-27-14-17-9-10-21(22(12-17)31-2)32-24(30)18-6-4-7-19(25)13-18/h3-14,26H,15H2,1-2H3,(H,28,29). The van der Waals surface area contributed by atoms with Crippen LogP contribution in [0.25, 0.3) is 0 Å². The van der Waals surface area contributed by atoms with Crippen LogP contribution in [0.15, 0.2) is 71.8 Å². The van der Waals surface area contributed by atoms with Gasteiger partial charge in [-0.05, 0) is 66.6 Å². The number of nitrogens with one attached hydrogen (secondary N) is 2. The zero-order valence-corrected chi connectivity index (χ0v) is 17.6. The summed E-state index contributed by atoms with van der Waals surface area (Å²) < 4.78 is 23.9. The second-order valence-electron chi connectivity index (χ2n) is 6.83. The van der Waals surface area contributed by atoms with E-state index >= 15 is 0 Å². The molecule has 0 atom stereocenters. The van der Waals surface area contributed by atoms with E-state index in [-0.39, 0.29) is 29.5 Å². The Bertz CT molecular complexity index is 1150. The molecule has 0 heterocycles. The lowest BCUT2D eigenvalue weighted by Crippen LogP contribution is -2.25. The fraction of sp³-hybridized carbons (Fsp3) is 0.125. The minimum atomic E-state index is -0.711. The number of amides is 1. The van der Waals surface area contributed by atoms with Gasteiger partial charge < -0.3 is 14.8 Å². The van der Waals surface area contributed by atoms with E-state index in [1.807, 2.05) is 31.2 Å². The summed E-state index contributed by atoms with van der Waals surface area (Å²) in [4.78, 5) is 24.2. The van der Waals surface area contributed by atoms with Crippen LogP contribution in [0.3, 0.4) is 0 Å². The average Bonchev–Trinajstić information content (AvgIpc) is 2.78. The fourth-order valence-corrected chi connectivity index (χ4v) is 2.78. The van der Waals surface area contributed by atoms with Crippen molar-refractivity contribution in [3.05, 3.63) is 89.2 Å². The Balaban J connectivity index is 1.57. The van der Waals surface area contributed by atoms with Crippen molar-refractivity contribution in [1.82, 2.24) is 5.43 Å². The number of carbonyl (C=O) groups is 2. The number of methoxy groups -OCH3 is 1. The Labute approximate surface area is 184 Å². The van der Waals surface area contributed by atoms with Crippen molar-refractivity contribution in [3.8, 4) is 11.5 Å². The van der Waals surface area contributed by atoms with Crippen LogP contribution >= 0.6 is 0 Å². The number of esters is 1. The van der Waals surface area contributed by atoms with Gasteiger partial charge in [0, 0.05) is 5.69 Å². The normalized spacial score (nSPS) is 10.6. The van der Waals surface area contributed by atoms with Crippen molar-refractivity contribution in [3.63, 3.8) is 0 Å². The first kappa shape index (κ1) is 22.5. The second-order valence-corrected chi connectivity index (χ2v) is 6.83. The number of anilines is 1. The van der Waals surface area contributed by atoms with Gasteiger partial charge in [-0.2, -0.15) is 5.10 Å². The van der Waals surface area contributed by atoms with Gasteiger partial charge in [-0.15, -0.1) is 0 Å². The average molecular weight is 435 g/mol. The molecule has 0 saturated carbocycles. The molecule has 0 radical (unpaired) electrons. The minimum absolute atomic E-state index is 0.0685. The lowest BCUT2D eigenvalue weighted by atomic mass is 10.2. The highest BCUT2D eigenvalue weighted by molar-refractivity contribution is 5.91. The first-order chi connectivity index (χ1) is 15.4. The molecule has 3 aromatic rings. The van der Waals surface area contributed by atoms with E-state index in [2.05, 4.69) is 15.8 Å². The third-order valence-corrected chi connectivity index (χ3v) is 4.32. The summed E-state index contributed by atoms with van der Waals surface area (Å²) in [5.41, 5.74) is 5.06. The van der Waals surface area contributed by atoms with Crippen molar-refractivity contribution in [2.24, 2.45) is 5.10 Å². The van der Waals surface area contributed by atoms with Gasteiger partial charge >= 0.3 is 5.97 Å². The number of hydrogen-bond acceptors (Lipinski definition) is 6. The zero-order chi connectivity index (χ0) is 22.9. The van der Waals surface area contributed by atoms with Crippen molar-refractivity contribution in [2.45, 2.75) is 6.92 Å². The maximum Gasteiger partial charge on any atom is 0.343 e. The number of benzene rings is 3. The first-order valence-electron chi connectivity index (χ1n) is 9.73. The number of nitrogens with zero attached hydrogens (tertiary/aromatic N) is 1. The van der Waals surface area contributed by atoms with Crippen LogP contribution in [0.4, 0.5) is 10.1 Å². The molecule has 0 aliphatic carbocycles. The van der Waals surface area contributed by atoms with Crippen LogP contribution in [-0.2, 0) is 4.79 Å². The van der Waals surface area contributed by atoms with Gasteiger partial charge in [0.25, 0.3) is 5.91 Å². The molecule has 3 rings (SSSR count). The molecule has 1 amide bonds. The number of halogens is 1. The lowest BCUT2D eigenvalue weighted by Gasteiger charge is -2.10. The predicted molar refractivity (Wildman–Crippen MR) is 120 cm³/mol. The summed E-state index contributed by atoms with van der Waals surface area (Å²) in [5.74, 6) is -1.10. The molecule has 2 N–H and O–H groups in total.